The number of rotatable bonds is 3. The highest BCUT2D eigenvalue weighted by Gasteiger charge is 2.44. The van der Waals surface area contributed by atoms with Crippen LogP contribution in [0.1, 0.15) is 40.0 Å². The zero-order chi connectivity index (χ0) is 11.1. The van der Waals surface area contributed by atoms with Crippen molar-refractivity contribution in [3.05, 3.63) is 0 Å². The molecule has 2 rings (SSSR count). The molecule has 0 aromatic heterocycles. The van der Waals surface area contributed by atoms with Gasteiger partial charge in [-0.2, -0.15) is 0 Å². The van der Waals surface area contributed by atoms with Crippen molar-refractivity contribution in [2.75, 3.05) is 18.4 Å². The number of alkyl halides is 1. The molecule has 0 aromatic carbocycles. The molecule has 0 amide bonds. The fraction of sp³-hybridized carbons (Fsp3) is 1.00. The zero-order valence-electron chi connectivity index (χ0n) is 10.3. The Morgan fingerprint density at radius 2 is 1.93 bits per heavy atom. The summed E-state index contributed by atoms with van der Waals surface area (Å²) in [5.74, 6) is 1.77. The summed E-state index contributed by atoms with van der Waals surface area (Å²) < 4.78 is 0. The molecule has 0 radical (unpaired) electrons. The molecule has 2 aliphatic rings. The second kappa shape index (κ2) is 4.37. The monoisotopic (exact) mass is 273 g/mol. The Hall–Kier alpha value is 0.440. The molecule has 1 saturated heterocycles. The Balaban J connectivity index is 1.95. The molecular weight excluding hydrogens is 250 g/mol. The van der Waals surface area contributed by atoms with Gasteiger partial charge in [-0.05, 0) is 43.4 Å². The van der Waals surface area contributed by atoms with E-state index < -0.39 is 0 Å². The smallest absolute Gasteiger partial charge is 0.0100 e. The van der Waals surface area contributed by atoms with E-state index in [0.29, 0.717) is 5.41 Å². The van der Waals surface area contributed by atoms with Crippen molar-refractivity contribution in [1.82, 2.24) is 4.90 Å². The van der Waals surface area contributed by atoms with Crippen molar-refractivity contribution in [3.8, 4) is 0 Å². The number of hydrogen-bond donors (Lipinski definition) is 0. The van der Waals surface area contributed by atoms with Crippen LogP contribution in [-0.2, 0) is 0 Å². The van der Waals surface area contributed by atoms with E-state index in [1.807, 2.05) is 0 Å². The Labute approximate surface area is 103 Å². The maximum atomic E-state index is 3.68. The van der Waals surface area contributed by atoms with Crippen LogP contribution in [0, 0.1) is 17.3 Å². The molecule has 3 atom stereocenters. The standard InChI is InChI=1S/C13H24BrN/c1-10-6-11(2)12(3)15(7-10)9-13(8-14)4-5-13/h10-12H,4-9H2,1-3H3. The number of hydrogen-bond acceptors (Lipinski definition) is 1. The van der Waals surface area contributed by atoms with Gasteiger partial charge in [0.25, 0.3) is 0 Å². The first-order valence-corrected chi connectivity index (χ1v) is 7.48. The van der Waals surface area contributed by atoms with E-state index in [-0.39, 0.29) is 0 Å². The van der Waals surface area contributed by atoms with Crippen LogP contribution in [0.2, 0.25) is 0 Å². The lowest BCUT2D eigenvalue weighted by Gasteiger charge is -2.42. The van der Waals surface area contributed by atoms with Crippen LogP contribution in [0.25, 0.3) is 0 Å². The Morgan fingerprint density at radius 3 is 2.47 bits per heavy atom. The summed E-state index contributed by atoms with van der Waals surface area (Å²) in [6.45, 7) is 9.89. The Bertz CT molecular complexity index is 225. The molecule has 2 fully saturated rings. The van der Waals surface area contributed by atoms with Gasteiger partial charge in [0.15, 0.2) is 0 Å². The molecule has 0 aromatic rings. The van der Waals surface area contributed by atoms with Gasteiger partial charge in [0.05, 0.1) is 0 Å². The average Bonchev–Trinajstić information content (AvgIpc) is 2.94. The largest absolute Gasteiger partial charge is 0.300 e. The maximum Gasteiger partial charge on any atom is 0.0100 e. The predicted octanol–water partition coefficient (Wildman–Crippen LogP) is 3.53. The highest BCUT2D eigenvalue weighted by atomic mass is 79.9. The second-order valence-electron chi connectivity index (χ2n) is 6.12. The summed E-state index contributed by atoms with van der Waals surface area (Å²) in [6, 6.07) is 0.790. The average molecular weight is 274 g/mol. The topological polar surface area (TPSA) is 3.24 Å². The van der Waals surface area contributed by atoms with E-state index in [9.17, 15) is 0 Å². The third kappa shape index (κ3) is 2.58. The van der Waals surface area contributed by atoms with E-state index in [2.05, 4.69) is 41.6 Å². The van der Waals surface area contributed by atoms with Gasteiger partial charge < -0.3 is 0 Å². The van der Waals surface area contributed by atoms with Crippen LogP contribution in [0.3, 0.4) is 0 Å². The van der Waals surface area contributed by atoms with Gasteiger partial charge in [-0.25, -0.2) is 0 Å². The minimum Gasteiger partial charge on any atom is -0.300 e. The first-order chi connectivity index (χ1) is 7.06. The predicted molar refractivity (Wildman–Crippen MR) is 69.4 cm³/mol. The normalized spacial score (nSPS) is 40.4. The van der Waals surface area contributed by atoms with Crippen molar-refractivity contribution in [2.24, 2.45) is 17.3 Å². The SMILES string of the molecule is CC1CC(C)C(C)N(CC2(CBr)CC2)C1. The summed E-state index contributed by atoms with van der Waals surface area (Å²) >= 11 is 3.68. The van der Waals surface area contributed by atoms with Crippen LogP contribution in [-0.4, -0.2) is 29.4 Å². The highest BCUT2D eigenvalue weighted by Crippen LogP contribution is 2.48. The van der Waals surface area contributed by atoms with E-state index in [0.717, 1.165) is 17.9 Å². The van der Waals surface area contributed by atoms with Crippen LogP contribution in [0.15, 0.2) is 0 Å². The number of piperidine rings is 1. The van der Waals surface area contributed by atoms with Crippen LogP contribution < -0.4 is 0 Å². The molecular formula is C13H24BrN. The minimum atomic E-state index is 0.644. The van der Waals surface area contributed by atoms with Crippen LogP contribution in [0.5, 0.6) is 0 Å². The van der Waals surface area contributed by atoms with Gasteiger partial charge in [0, 0.05) is 24.5 Å². The van der Waals surface area contributed by atoms with Gasteiger partial charge >= 0.3 is 0 Å². The molecule has 1 saturated carbocycles. The fourth-order valence-corrected chi connectivity index (χ4v) is 3.72. The first kappa shape index (κ1) is 11.9. The van der Waals surface area contributed by atoms with Gasteiger partial charge in [-0.3, -0.25) is 4.90 Å². The summed E-state index contributed by atoms with van der Waals surface area (Å²) in [5.41, 5.74) is 0.644. The van der Waals surface area contributed by atoms with Gasteiger partial charge in [-0.15, -0.1) is 0 Å². The van der Waals surface area contributed by atoms with Crippen molar-refractivity contribution >= 4 is 15.9 Å². The molecule has 1 aliphatic heterocycles. The summed E-state index contributed by atoms with van der Waals surface area (Å²) in [7, 11) is 0. The molecule has 0 spiro atoms. The quantitative estimate of drug-likeness (QED) is 0.712. The molecule has 1 heterocycles. The van der Waals surface area contributed by atoms with Gasteiger partial charge in [0.2, 0.25) is 0 Å². The molecule has 0 bridgehead atoms. The second-order valence-corrected chi connectivity index (χ2v) is 6.68. The van der Waals surface area contributed by atoms with Crippen LogP contribution in [0.4, 0.5) is 0 Å². The van der Waals surface area contributed by atoms with Crippen molar-refractivity contribution in [1.29, 1.82) is 0 Å². The molecule has 88 valence electrons. The number of nitrogens with zero attached hydrogens (tertiary/aromatic N) is 1. The summed E-state index contributed by atoms with van der Waals surface area (Å²) in [5, 5.41) is 1.20. The van der Waals surface area contributed by atoms with Crippen molar-refractivity contribution < 1.29 is 0 Å². The highest BCUT2D eigenvalue weighted by molar-refractivity contribution is 9.09. The lowest BCUT2D eigenvalue weighted by atomic mass is 9.85. The molecule has 0 N–H and O–H groups in total. The number of halogens is 1. The lowest BCUT2D eigenvalue weighted by Crippen LogP contribution is -2.48. The number of likely N-dealkylation sites (tertiary alicyclic amines) is 1. The van der Waals surface area contributed by atoms with E-state index >= 15 is 0 Å². The van der Waals surface area contributed by atoms with Gasteiger partial charge in [-0.1, -0.05) is 29.8 Å². The third-order valence-electron chi connectivity index (χ3n) is 4.50. The summed E-state index contributed by atoms with van der Waals surface area (Å²) in [4.78, 5) is 2.74. The minimum absolute atomic E-state index is 0.644. The summed E-state index contributed by atoms with van der Waals surface area (Å²) in [6.07, 6.45) is 4.29. The first-order valence-electron chi connectivity index (χ1n) is 6.36. The molecule has 3 unspecified atom stereocenters. The zero-order valence-corrected chi connectivity index (χ0v) is 11.9. The lowest BCUT2D eigenvalue weighted by molar-refractivity contribution is 0.0640. The van der Waals surface area contributed by atoms with E-state index in [1.54, 1.807) is 0 Å². The van der Waals surface area contributed by atoms with E-state index in [4.69, 9.17) is 0 Å². The van der Waals surface area contributed by atoms with Crippen molar-refractivity contribution in [2.45, 2.75) is 46.1 Å². The molecule has 2 heteroatoms. The van der Waals surface area contributed by atoms with Crippen LogP contribution >= 0.6 is 15.9 Å². The molecule has 15 heavy (non-hydrogen) atoms. The Kier molecular flexibility index (Phi) is 3.47. The third-order valence-corrected chi connectivity index (χ3v) is 5.69. The van der Waals surface area contributed by atoms with Gasteiger partial charge in [0.1, 0.15) is 0 Å². The fourth-order valence-electron chi connectivity index (χ4n) is 2.98. The van der Waals surface area contributed by atoms with E-state index in [1.165, 1.54) is 37.7 Å². The Morgan fingerprint density at radius 1 is 1.27 bits per heavy atom. The molecule has 1 nitrogen and oxygen atoms in total. The maximum absolute atomic E-state index is 3.68. The molecule has 1 aliphatic carbocycles. The van der Waals surface area contributed by atoms with Crippen molar-refractivity contribution in [3.63, 3.8) is 0 Å².